The fraction of sp³-hybridized carbons (Fsp3) is 1.00. The van der Waals surface area contributed by atoms with E-state index in [1.165, 1.54) is 12.8 Å². The first-order valence-corrected chi connectivity index (χ1v) is 5.74. The summed E-state index contributed by atoms with van der Waals surface area (Å²) in [6.07, 6.45) is 2.97. The predicted octanol–water partition coefficient (Wildman–Crippen LogP) is 1.63. The van der Waals surface area contributed by atoms with Gasteiger partial charge in [0.15, 0.2) is 0 Å². The lowest BCUT2D eigenvalue weighted by Gasteiger charge is -2.17. The SMILES string of the molecule is CC(N)C(C)SCC1CCCO1. The van der Waals surface area contributed by atoms with E-state index in [9.17, 15) is 0 Å². The molecule has 1 aliphatic heterocycles. The maximum absolute atomic E-state index is 5.76. The molecule has 2 N–H and O–H groups in total. The molecule has 3 heteroatoms. The highest BCUT2D eigenvalue weighted by atomic mass is 32.2. The standard InChI is InChI=1S/C9H19NOS/c1-7(10)8(2)12-6-9-4-3-5-11-9/h7-9H,3-6,10H2,1-2H3. The van der Waals surface area contributed by atoms with Gasteiger partial charge in [-0.25, -0.2) is 0 Å². The zero-order valence-electron chi connectivity index (χ0n) is 7.95. The summed E-state index contributed by atoms with van der Waals surface area (Å²) in [6, 6.07) is 0.288. The number of thioether (sulfide) groups is 1. The Morgan fingerprint density at radius 3 is 2.83 bits per heavy atom. The third-order valence-corrected chi connectivity index (χ3v) is 3.83. The summed E-state index contributed by atoms with van der Waals surface area (Å²) >= 11 is 1.93. The van der Waals surface area contributed by atoms with Crippen LogP contribution in [0.5, 0.6) is 0 Å². The summed E-state index contributed by atoms with van der Waals surface area (Å²) in [5.41, 5.74) is 5.76. The second-order valence-corrected chi connectivity index (χ2v) is 4.94. The maximum atomic E-state index is 5.76. The molecule has 1 aliphatic rings. The van der Waals surface area contributed by atoms with Crippen LogP contribution in [0.1, 0.15) is 26.7 Å². The molecule has 1 fully saturated rings. The average Bonchev–Trinajstić information content (AvgIpc) is 2.51. The molecule has 2 nitrogen and oxygen atoms in total. The van der Waals surface area contributed by atoms with Gasteiger partial charge in [0.05, 0.1) is 6.10 Å². The number of rotatable bonds is 4. The van der Waals surface area contributed by atoms with Crippen LogP contribution < -0.4 is 5.73 Å². The van der Waals surface area contributed by atoms with Gasteiger partial charge in [-0.05, 0) is 19.8 Å². The maximum Gasteiger partial charge on any atom is 0.0666 e. The van der Waals surface area contributed by atoms with Crippen molar-refractivity contribution in [2.45, 2.75) is 44.1 Å². The molecule has 0 radical (unpaired) electrons. The fourth-order valence-corrected chi connectivity index (χ4v) is 2.27. The van der Waals surface area contributed by atoms with Crippen molar-refractivity contribution in [1.82, 2.24) is 0 Å². The number of nitrogens with two attached hydrogens (primary N) is 1. The van der Waals surface area contributed by atoms with Gasteiger partial charge >= 0.3 is 0 Å². The molecule has 0 aliphatic carbocycles. The van der Waals surface area contributed by atoms with Crippen molar-refractivity contribution < 1.29 is 4.74 Å². The van der Waals surface area contributed by atoms with E-state index in [-0.39, 0.29) is 6.04 Å². The molecule has 3 unspecified atom stereocenters. The Labute approximate surface area is 79.2 Å². The third-order valence-electron chi connectivity index (χ3n) is 2.31. The van der Waals surface area contributed by atoms with Crippen molar-refractivity contribution >= 4 is 11.8 Å². The van der Waals surface area contributed by atoms with E-state index in [1.54, 1.807) is 0 Å². The first-order valence-electron chi connectivity index (χ1n) is 4.69. The molecule has 12 heavy (non-hydrogen) atoms. The van der Waals surface area contributed by atoms with E-state index in [2.05, 4.69) is 13.8 Å². The summed E-state index contributed by atoms with van der Waals surface area (Å²) in [6.45, 7) is 5.20. The van der Waals surface area contributed by atoms with Crippen molar-refractivity contribution in [1.29, 1.82) is 0 Å². The Bertz CT molecular complexity index is 122. The minimum Gasteiger partial charge on any atom is -0.377 e. The first-order chi connectivity index (χ1) is 5.70. The van der Waals surface area contributed by atoms with Crippen LogP contribution in [0.3, 0.4) is 0 Å². The van der Waals surface area contributed by atoms with Crippen LogP contribution in [0.2, 0.25) is 0 Å². The quantitative estimate of drug-likeness (QED) is 0.730. The van der Waals surface area contributed by atoms with Crippen LogP contribution in [-0.2, 0) is 4.74 Å². The molecular formula is C9H19NOS. The van der Waals surface area contributed by atoms with E-state index < -0.39 is 0 Å². The molecule has 0 spiro atoms. The Kier molecular flexibility index (Phi) is 4.40. The molecule has 0 aromatic carbocycles. The average molecular weight is 189 g/mol. The minimum atomic E-state index is 0.288. The summed E-state index contributed by atoms with van der Waals surface area (Å²) in [4.78, 5) is 0. The number of ether oxygens (including phenoxy) is 1. The van der Waals surface area contributed by atoms with Crippen molar-refractivity contribution in [2.24, 2.45) is 5.73 Å². The lowest BCUT2D eigenvalue weighted by molar-refractivity contribution is 0.129. The Balaban J connectivity index is 2.07. The highest BCUT2D eigenvalue weighted by Gasteiger charge is 2.17. The Morgan fingerprint density at radius 2 is 2.33 bits per heavy atom. The van der Waals surface area contributed by atoms with Gasteiger partial charge in [0, 0.05) is 23.7 Å². The second-order valence-electron chi connectivity index (χ2n) is 3.53. The van der Waals surface area contributed by atoms with Gasteiger partial charge in [0.25, 0.3) is 0 Å². The van der Waals surface area contributed by atoms with E-state index in [0.717, 1.165) is 12.4 Å². The van der Waals surface area contributed by atoms with Gasteiger partial charge in [0.2, 0.25) is 0 Å². The number of hydrogen-bond donors (Lipinski definition) is 1. The molecule has 3 atom stereocenters. The molecule has 0 aromatic heterocycles. The molecule has 1 rings (SSSR count). The monoisotopic (exact) mass is 189 g/mol. The van der Waals surface area contributed by atoms with Crippen LogP contribution in [0.15, 0.2) is 0 Å². The number of hydrogen-bond acceptors (Lipinski definition) is 3. The second kappa shape index (κ2) is 5.10. The summed E-state index contributed by atoms with van der Waals surface area (Å²) in [5, 5.41) is 0.550. The summed E-state index contributed by atoms with van der Waals surface area (Å²) in [7, 11) is 0. The minimum absolute atomic E-state index is 0.288. The van der Waals surface area contributed by atoms with Crippen LogP contribution in [-0.4, -0.2) is 29.8 Å². The third kappa shape index (κ3) is 3.33. The van der Waals surface area contributed by atoms with Crippen molar-refractivity contribution in [3.8, 4) is 0 Å². The molecule has 0 saturated carbocycles. The van der Waals surface area contributed by atoms with E-state index in [1.807, 2.05) is 11.8 Å². The Morgan fingerprint density at radius 1 is 1.58 bits per heavy atom. The van der Waals surface area contributed by atoms with E-state index in [0.29, 0.717) is 11.4 Å². The molecule has 0 amide bonds. The van der Waals surface area contributed by atoms with Gasteiger partial charge in [-0.3, -0.25) is 0 Å². The van der Waals surface area contributed by atoms with Crippen LogP contribution in [0.4, 0.5) is 0 Å². The van der Waals surface area contributed by atoms with E-state index >= 15 is 0 Å². The van der Waals surface area contributed by atoms with Crippen LogP contribution in [0.25, 0.3) is 0 Å². The first kappa shape index (κ1) is 10.4. The van der Waals surface area contributed by atoms with Gasteiger partial charge < -0.3 is 10.5 Å². The van der Waals surface area contributed by atoms with Crippen molar-refractivity contribution in [2.75, 3.05) is 12.4 Å². The molecular weight excluding hydrogens is 170 g/mol. The zero-order valence-corrected chi connectivity index (χ0v) is 8.77. The van der Waals surface area contributed by atoms with Gasteiger partial charge in [-0.15, -0.1) is 0 Å². The highest BCUT2D eigenvalue weighted by molar-refractivity contribution is 7.99. The lowest BCUT2D eigenvalue weighted by atomic mass is 10.3. The van der Waals surface area contributed by atoms with Gasteiger partial charge in [0.1, 0.15) is 0 Å². The predicted molar refractivity (Wildman–Crippen MR) is 54.5 cm³/mol. The lowest BCUT2D eigenvalue weighted by Crippen LogP contribution is -2.27. The van der Waals surface area contributed by atoms with Crippen LogP contribution >= 0.6 is 11.8 Å². The molecule has 0 aromatic rings. The molecule has 1 heterocycles. The van der Waals surface area contributed by atoms with Gasteiger partial charge in [-0.2, -0.15) is 11.8 Å². The largest absolute Gasteiger partial charge is 0.377 e. The summed E-state index contributed by atoms with van der Waals surface area (Å²) < 4.78 is 5.52. The molecule has 72 valence electrons. The van der Waals surface area contributed by atoms with Crippen molar-refractivity contribution in [3.05, 3.63) is 0 Å². The molecule has 0 bridgehead atoms. The highest BCUT2D eigenvalue weighted by Crippen LogP contribution is 2.21. The molecule has 1 saturated heterocycles. The summed E-state index contributed by atoms with van der Waals surface area (Å²) in [5.74, 6) is 1.11. The Hall–Kier alpha value is 0.270. The smallest absolute Gasteiger partial charge is 0.0666 e. The normalized spacial score (nSPS) is 28.8. The topological polar surface area (TPSA) is 35.2 Å². The van der Waals surface area contributed by atoms with Gasteiger partial charge in [-0.1, -0.05) is 6.92 Å². The van der Waals surface area contributed by atoms with Crippen molar-refractivity contribution in [3.63, 3.8) is 0 Å². The van der Waals surface area contributed by atoms with E-state index in [4.69, 9.17) is 10.5 Å². The zero-order chi connectivity index (χ0) is 8.97. The fourth-order valence-electron chi connectivity index (χ4n) is 1.19. The van der Waals surface area contributed by atoms with Crippen LogP contribution in [0, 0.1) is 0 Å².